The van der Waals surface area contributed by atoms with Crippen molar-refractivity contribution in [3.8, 4) is 11.5 Å². The largest absolute Gasteiger partial charge is 0.450 e. The fourth-order valence-corrected chi connectivity index (χ4v) is 1.57. The van der Waals surface area contributed by atoms with Crippen molar-refractivity contribution < 1.29 is 9.47 Å². The molecule has 0 saturated carbocycles. The van der Waals surface area contributed by atoms with Gasteiger partial charge in [-0.1, -0.05) is 33.8 Å². The summed E-state index contributed by atoms with van der Waals surface area (Å²) in [5.74, 6) is 1.75. The van der Waals surface area contributed by atoms with Crippen LogP contribution < -0.4 is 9.47 Å². The van der Waals surface area contributed by atoms with Gasteiger partial charge < -0.3 is 9.47 Å². The van der Waals surface area contributed by atoms with E-state index in [0.717, 1.165) is 17.9 Å². The molecule has 0 bridgehead atoms. The molecule has 1 aromatic rings. The number of hydrogen-bond donors (Lipinski definition) is 0. The van der Waals surface area contributed by atoms with Gasteiger partial charge in [0.2, 0.25) is 6.29 Å². The Bertz CT molecular complexity index is 363. The smallest absolute Gasteiger partial charge is 0.246 e. The number of ether oxygens (including phenoxy) is 2. The molecule has 1 aliphatic rings. The van der Waals surface area contributed by atoms with Crippen molar-refractivity contribution in [2.24, 2.45) is 5.41 Å². The maximum atomic E-state index is 5.79. The van der Waals surface area contributed by atoms with Crippen LogP contribution in [0.15, 0.2) is 18.2 Å². The van der Waals surface area contributed by atoms with E-state index in [0.29, 0.717) is 0 Å². The molecule has 0 spiro atoms. The van der Waals surface area contributed by atoms with E-state index in [2.05, 4.69) is 39.8 Å². The molecule has 0 N–H and O–H groups in total. The number of rotatable bonds is 1. The highest BCUT2D eigenvalue weighted by molar-refractivity contribution is 5.45. The molecule has 1 atom stereocenters. The highest BCUT2D eigenvalue weighted by Gasteiger charge is 2.34. The summed E-state index contributed by atoms with van der Waals surface area (Å²) in [5.41, 5.74) is 1.29. The van der Waals surface area contributed by atoms with Crippen LogP contribution in [0.3, 0.4) is 0 Å². The maximum absolute atomic E-state index is 5.79. The summed E-state index contributed by atoms with van der Waals surface area (Å²) in [6.45, 7) is 8.48. The van der Waals surface area contributed by atoms with E-state index in [1.54, 1.807) is 0 Å². The van der Waals surface area contributed by atoms with Crippen LogP contribution in [0.2, 0.25) is 0 Å². The minimum absolute atomic E-state index is 0.00536. The fraction of sp³-hybridized carbons (Fsp3) is 0.538. The van der Waals surface area contributed by atoms with Crippen molar-refractivity contribution in [1.29, 1.82) is 0 Å². The zero-order chi connectivity index (χ0) is 11.1. The van der Waals surface area contributed by atoms with Crippen LogP contribution in [0.4, 0.5) is 0 Å². The second-order valence-corrected chi connectivity index (χ2v) is 5.07. The monoisotopic (exact) mass is 206 g/mol. The van der Waals surface area contributed by atoms with Gasteiger partial charge in [0.25, 0.3) is 0 Å². The maximum Gasteiger partial charge on any atom is 0.246 e. The third-order valence-electron chi connectivity index (χ3n) is 2.59. The van der Waals surface area contributed by atoms with Crippen molar-refractivity contribution in [1.82, 2.24) is 0 Å². The van der Waals surface area contributed by atoms with Crippen molar-refractivity contribution >= 4 is 0 Å². The van der Waals surface area contributed by atoms with E-state index < -0.39 is 0 Å². The third kappa shape index (κ3) is 1.94. The molecule has 82 valence electrons. The lowest BCUT2D eigenvalue weighted by atomic mass is 9.96. The van der Waals surface area contributed by atoms with Gasteiger partial charge in [-0.2, -0.15) is 0 Å². The van der Waals surface area contributed by atoms with Gasteiger partial charge in [-0.3, -0.25) is 0 Å². The molecule has 0 amide bonds. The van der Waals surface area contributed by atoms with Gasteiger partial charge in [0, 0.05) is 5.41 Å². The van der Waals surface area contributed by atoms with Crippen LogP contribution in [0.5, 0.6) is 11.5 Å². The summed E-state index contributed by atoms with van der Waals surface area (Å²) >= 11 is 0. The highest BCUT2D eigenvalue weighted by atomic mass is 16.7. The predicted molar refractivity (Wildman–Crippen MR) is 60.3 cm³/mol. The van der Waals surface area contributed by atoms with Gasteiger partial charge in [0.05, 0.1) is 0 Å². The Balaban J connectivity index is 2.24. The molecule has 2 rings (SSSR count). The molecule has 1 aromatic carbocycles. The van der Waals surface area contributed by atoms with Gasteiger partial charge in [-0.15, -0.1) is 0 Å². The molecule has 1 unspecified atom stereocenters. The van der Waals surface area contributed by atoms with Crippen LogP contribution in [0.25, 0.3) is 0 Å². The first kappa shape index (κ1) is 10.3. The van der Waals surface area contributed by atoms with Gasteiger partial charge in [-0.25, -0.2) is 0 Å². The van der Waals surface area contributed by atoms with E-state index in [-0.39, 0.29) is 11.7 Å². The number of aryl methyl sites for hydroxylation is 1. The third-order valence-corrected chi connectivity index (χ3v) is 2.59. The normalized spacial score (nSPS) is 19.3. The van der Waals surface area contributed by atoms with Crippen LogP contribution in [0.1, 0.15) is 33.3 Å². The van der Waals surface area contributed by atoms with Crippen molar-refractivity contribution in [3.63, 3.8) is 0 Å². The first-order valence-electron chi connectivity index (χ1n) is 5.47. The molecular formula is C13H18O2. The topological polar surface area (TPSA) is 18.5 Å². The Hall–Kier alpha value is -1.18. The van der Waals surface area contributed by atoms with Gasteiger partial charge in [-0.05, 0) is 24.1 Å². The molecule has 2 heteroatoms. The predicted octanol–water partition coefficient (Wildman–Crippen LogP) is 3.39. The minimum atomic E-state index is -0.167. The summed E-state index contributed by atoms with van der Waals surface area (Å²) in [6, 6.07) is 6.16. The van der Waals surface area contributed by atoms with E-state index in [1.165, 1.54) is 5.56 Å². The van der Waals surface area contributed by atoms with Crippen molar-refractivity contribution in [2.75, 3.05) is 0 Å². The van der Waals surface area contributed by atoms with Gasteiger partial charge in [0.15, 0.2) is 11.5 Å². The van der Waals surface area contributed by atoms with Crippen LogP contribution >= 0.6 is 0 Å². The molecule has 2 nitrogen and oxygen atoms in total. The second kappa shape index (κ2) is 3.44. The van der Waals surface area contributed by atoms with Gasteiger partial charge >= 0.3 is 0 Å². The zero-order valence-electron chi connectivity index (χ0n) is 9.83. The Morgan fingerprint density at radius 1 is 1.13 bits per heavy atom. The van der Waals surface area contributed by atoms with Gasteiger partial charge in [0.1, 0.15) is 0 Å². The van der Waals surface area contributed by atoms with Crippen LogP contribution in [-0.2, 0) is 6.42 Å². The summed E-state index contributed by atoms with van der Waals surface area (Å²) < 4.78 is 11.5. The average Bonchev–Trinajstić information content (AvgIpc) is 2.59. The van der Waals surface area contributed by atoms with Crippen molar-refractivity contribution in [2.45, 2.75) is 40.4 Å². The Kier molecular flexibility index (Phi) is 2.37. The minimum Gasteiger partial charge on any atom is -0.450 e. The number of hydrogen-bond acceptors (Lipinski definition) is 2. The Morgan fingerprint density at radius 3 is 2.40 bits per heavy atom. The zero-order valence-corrected chi connectivity index (χ0v) is 9.83. The van der Waals surface area contributed by atoms with Crippen LogP contribution in [-0.4, -0.2) is 6.29 Å². The highest BCUT2D eigenvalue weighted by Crippen LogP contribution is 2.40. The molecule has 0 aliphatic carbocycles. The van der Waals surface area contributed by atoms with E-state index in [4.69, 9.17) is 9.47 Å². The first-order valence-corrected chi connectivity index (χ1v) is 5.47. The average molecular weight is 206 g/mol. The van der Waals surface area contributed by atoms with E-state index in [1.807, 2.05) is 6.07 Å². The summed E-state index contributed by atoms with van der Waals surface area (Å²) in [4.78, 5) is 0. The molecule has 1 aliphatic heterocycles. The fourth-order valence-electron chi connectivity index (χ4n) is 1.57. The lowest BCUT2D eigenvalue weighted by Crippen LogP contribution is -2.33. The molecule has 0 radical (unpaired) electrons. The molecule has 15 heavy (non-hydrogen) atoms. The molecule has 0 fully saturated rings. The quantitative estimate of drug-likeness (QED) is 0.701. The van der Waals surface area contributed by atoms with Crippen LogP contribution in [0, 0.1) is 5.41 Å². The first-order chi connectivity index (χ1) is 7.00. The lowest BCUT2D eigenvalue weighted by molar-refractivity contribution is -0.0396. The number of fused-ring (bicyclic) bond motifs is 1. The SMILES string of the molecule is CCc1ccc2c(c1)OC(C(C)(C)C)O2. The Morgan fingerprint density at radius 2 is 1.80 bits per heavy atom. The molecule has 1 heterocycles. The lowest BCUT2D eigenvalue weighted by Gasteiger charge is -2.24. The second-order valence-electron chi connectivity index (χ2n) is 5.07. The van der Waals surface area contributed by atoms with E-state index in [9.17, 15) is 0 Å². The van der Waals surface area contributed by atoms with Crippen molar-refractivity contribution in [3.05, 3.63) is 23.8 Å². The summed E-state index contributed by atoms with van der Waals surface area (Å²) in [6.07, 6.45) is 0.858. The summed E-state index contributed by atoms with van der Waals surface area (Å²) in [5, 5.41) is 0. The number of benzene rings is 1. The standard InChI is InChI=1S/C13H18O2/c1-5-9-6-7-10-11(8-9)15-12(14-10)13(2,3)4/h6-8,12H,5H2,1-4H3. The Labute approximate surface area is 91.2 Å². The molecule has 0 saturated heterocycles. The molecule has 0 aromatic heterocycles. The summed E-state index contributed by atoms with van der Waals surface area (Å²) in [7, 11) is 0. The van der Waals surface area contributed by atoms with E-state index >= 15 is 0 Å². The molecular weight excluding hydrogens is 188 g/mol.